The average molecular weight is 210 g/mol. The maximum Gasteiger partial charge on any atom is 0.265 e. The Bertz CT molecular complexity index is 429. The monoisotopic (exact) mass is 210 g/mol. The van der Waals surface area contributed by atoms with Crippen LogP contribution in [0.5, 0.6) is 0 Å². The van der Waals surface area contributed by atoms with E-state index in [4.69, 9.17) is 5.73 Å². The van der Waals surface area contributed by atoms with Crippen molar-refractivity contribution in [1.29, 1.82) is 0 Å². The molecule has 1 aromatic carbocycles. The van der Waals surface area contributed by atoms with Gasteiger partial charge in [-0.25, -0.2) is 8.78 Å². The van der Waals surface area contributed by atoms with E-state index in [9.17, 15) is 8.78 Å². The molecule has 1 heterocycles. The highest BCUT2D eigenvalue weighted by atomic mass is 19.3. The number of hydrogen-bond donors (Lipinski definition) is 2. The standard InChI is InChI=1S/C11H12F2N2/c12-11(13,7-14)6-9-5-8-3-1-2-4-10(8)15-9/h1-5,15H,6-7,14H2. The normalized spacial score (nSPS) is 12.2. The van der Waals surface area contributed by atoms with Crippen LogP contribution in [0, 0.1) is 0 Å². The second-order valence-electron chi connectivity index (χ2n) is 3.62. The van der Waals surface area contributed by atoms with Crippen LogP contribution in [0.4, 0.5) is 8.78 Å². The molecular formula is C11H12F2N2. The fraction of sp³-hybridized carbons (Fsp3) is 0.273. The van der Waals surface area contributed by atoms with Crippen molar-refractivity contribution in [2.45, 2.75) is 12.3 Å². The van der Waals surface area contributed by atoms with Gasteiger partial charge in [0.15, 0.2) is 0 Å². The zero-order chi connectivity index (χ0) is 10.9. The fourth-order valence-electron chi connectivity index (χ4n) is 1.58. The maximum atomic E-state index is 13.0. The lowest BCUT2D eigenvalue weighted by molar-refractivity contribution is 0.0107. The Kier molecular flexibility index (Phi) is 2.44. The number of nitrogens with two attached hydrogens (primary N) is 1. The van der Waals surface area contributed by atoms with Gasteiger partial charge in [0.05, 0.1) is 13.0 Å². The first kappa shape index (κ1) is 10.1. The number of hydrogen-bond acceptors (Lipinski definition) is 1. The summed E-state index contributed by atoms with van der Waals surface area (Å²) in [4.78, 5) is 2.95. The Morgan fingerprint density at radius 1 is 1.27 bits per heavy atom. The summed E-state index contributed by atoms with van der Waals surface area (Å²) in [6, 6.07) is 9.22. The van der Waals surface area contributed by atoms with Gasteiger partial charge in [-0.15, -0.1) is 0 Å². The van der Waals surface area contributed by atoms with Crippen molar-refractivity contribution < 1.29 is 8.78 Å². The summed E-state index contributed by atoms with van der Waals surface area (Å²) in [7, 11) is 0. The van der Waals surface area contributed by atoms with Gasteiger partial charge >= 0.3 is 0 Å². The number of aromatic nitrogens is 1. The van der Waals surface area contributed by atoms with Crippen molar-refractivity contribution in [1.82, 2.24) is 4.98 Å². The van der Waals surface area contributed by atoms with Crippen molar-refractivity contribution >= 4 is 10.9 Å². The van der Waals surface area contributed by atoms with E-state index < -0.39 is 12.5 Å². The lowest BCUT2D eigenvalue weighted by Crippen LogP contribution is -2.30. The molecule has 0 saturated heterocycles. The maximum absolute atomic E-state index is 13.0. The quantitative estimate of drug-likeness (QED) is 0.802. The second-order valence-corrected chi connectivity index (χ2v) is 3.62. The molecule has 0 atom stereocenters. The van der Waals surface area contributed by atoms with E-state index >= 15 is 0 Å². The Hall–Kier alpha value is -1.42. The molecule has 2 rings (SSSR count). The molecule has 4 heteroatoms. The van der Waals surface area contributed by atoms with Crippen LogP contribution in [0.1, 0.15) is 5.69 Å². The SMILES string of the molecule is NCC(F)(F)Cc1cc2ccccc2[nH]1. The first-order valence-electron chi connectivity index (χ1n) is 4.75. The zero-order valence-electron chi connectivity index (χ0n) is 8.13. The number of rotatable bonds is 3. The third-order valence-corrected chi connectivity index (χ3v) is 2.33. The molecule has 0 saturated carbocycles. The highest BCUT2D eigenvalue weighted by molar-refractivity contribution is 5.80. The molecule has 80 valence electrons. The summed E-state index contributed by atoms with van der Waals surface area (Å²) in [5, 5.41) is 0.945. The summed E-state index contributed by atoms with van der Waals surface area (Å²) in [6.45, 7) is -0.623. The lowest BCUT2D eigenvalue weighted by atomic mass is 10.2. The highest BCUT2D eigenvalue weighted by Crippen LogP contribution is 2.21. The molecule has 1 aromatic heterocycles. The Morgan fingerprint density at radius 3 is 2.67 bits per heavy atom. The van der Waals surface area contributed by atoms with E-state index in [-0.39, 0.29) is 6.42 Å². The molecule has 0 aliphatic carbocycles. The summed E-state index contributed by atoms with van der Waals surface area (Å²) in [6.07, 6.45) is -0.335. The van der Waals surface area contributed by atoms with Gasteiger partial charge in [-0.05, 0) is 17.5 Å². The number of benzene rings is 1. The van der Waals surface area contributed by atoms with Crippen LogP contribution in [0.2, 0.25) is 0 Å². The zero-order valence-corrected chi connectivity index (χ0v) is 8.13. The van der Waals surface area contributed by atoms with Gasteiger partial charge in [0.1, 0.15) is 0 Å². The minimum atomic E-state index is -2.83. The first-order chi connectivity index (χ1) is 7.11. The van der Waals surface area contributed by atoms with E-state index in [2.05, 4.69) is 4.98 Å². The molecule has 0 radical (unpaired) electrons. The van der Waals surface area contributed by atoms with Gasteiger partial charge < -0.3 is 10.7 Å². The smallest absolute Gasteiger partial charge is 0.265 e. The third kappa shape index (κ3) is 2.15. The number of nitrogens with one attached hydrogen (secondary N) is 1. The van der Waals surface area contributed by atoms with Crippen LogP contribution in [0.3, 0.4) is 0 Å². The molecular weight excluding hydrogens is 198 g/mol. The molecule has 0 spiro atoms. The Balaban J connectivity index is 2.30. The molecule has 0 aliphatic rings. The largest absolute Gasteiger partial charge is 0.358 e. The average Bonchev–Trinajstić information content (AvgIpc) is 2.58. The van der Waals surface area contributed by atoms with E-state index in [0.717, 1.165) is 10.9 Å². The molecule has 3 N–H and O–H groups in total. The summed E-state index contributed by atoms with van der Waals surface area (Å²) in [5.74, 6) is -2.83. The van der Waals surface area contributed by atoms with Crippen molar-refractivity contribution in [3.05, 3.63) is 36.0 Å². The van der Waals surface area contributed by atoms with Crippen molar-refractivity contribution in [3.63, 3.8) is 0 Å². The van der Waals surface area contributed by atoms with Crippen LogP contribution in [0.15, 0.2) is 30.3 Å². The summed E-state index contributed by atoms with van der Waals surface area (Å²) >= 11 is 0. The van der Waals surface area contributed by atoms with Gasteiger partial charge in [0, 0.05) is 11.2 Å². The van der Waals surface area contributed by atoms with Gasteiger partial charge in [-0.1, -0.05) is 18.2 Å². The van der Waals surface area contributed by atoms with E-state index in [1.54, 1.807) is 6.07 Å². The predicted octanol–water partition coefficient (Wildman–Crippen LogP) is 2.30. The number of halogens is 2. The molecule has 2 nitrogen and oxygen atoms in total. The van der Waals surface area contributed by atoms with Crippen LogP contribution < -0.4 is 5.73 Å². The number of H-pyrrole nitrogens is 1. The summed E-state index contributed by atoms with van der Waals surface area (Å²) < 4.78 is 26.0. The third-order valence-electron chi connectivity index (χ3n) is 2.33. The summed E-state index contributed by atoms with van der Waals surface area (Å²) in [5.41, 5.74) is 6.38. The van der Waals surface area contributed by atoms with Gasteiger partial charge in [-0.3, -0.25) is 0 Å². The number of para-hydroxylation sites is 1. The Morgan fingerprint density at radius 2 is 2.00 bits per heavy atom. The topological polar surface area (TPSA) is 41.8 Å². The van der Waals surface area contributed by atoms with E-state index in [0.29, 0.717) is 5.69 Å². The molecule has 0 bridgehead atoms. The lowest BCUT2D eigenvalue weighted by Gasteiger charge is -2.11. The molecule has 2 aromatic rings. The number of fused-ring (bicyclic) bond motifs is 1. The van der Waals surface area contributed by atoms with Gasteiger partial charge in [0.2, 0.25) is 0 Å². The van der Waals surface area contributed by atoms with Crippen LogP contribution >= 0.6 is 0 Å². The minimum absolute atomic E-state index is 0.335. The molecule has 0 aliphatic heterocycles. The van der Waals surface area contributed by atoms with E-state index in [1.165, 1.54) is 0 Å². The molecule has 0 fully saturated rings. The predicted molar refractivity (Wildman–Crippen MR) is 56.0 cm³/mol. The van der Waals surface area contributed by atoms with Gasteiger partial charge in [0.25, 0.3) is 5.92 Å². The van der Waals surface area contributed by atoms with E-state index in [1.807, 2.05) is 24.3 Å². The first-order valence-corrected chi connectivity index (χ1v) is 4.75. The molecule has 15 heavy (non-hydrogen) atoms. The number of alkyl halides is 2. The minimum Gasteiger partial charge on any atom is -0.358 e. The Labute approximate surface area is 86.1 Å². The second kappa shape index (κ2) is 3.62. The molecule has 0 unspecified atom stereocenters. The number of aromatic amines is 1. The fourth-order valence-corrected chi connectivity index (χ4v) is 1.58. The molecule has 0 amide bonds. The van der Waals surface area contributed by atoms with Crippen molar-refractivity contribution in [3.8, 4) is 0 Å². The van der Waals surface area contributed by atoms with Crippen LogP contribution in [0.25, 0.3) is 10.9 Å². The van der Waals surface area contributed by atoms with Crippen molar-refractivity contribution in [2.75, 3.05) is 6.54 Å². The van der Waals surface area contributed by atoms with Crippen molar-refractivity contribution in [2.24, 2.45) is 5.73 Å². The van der Waals surface area contributed by atoms with Gasteiger partial charge in [-0.2, -0.15) is 0 Å². The van der Waals surface area contributed by atoms with Crippen LogP contribution in [-0.4, -0.2) is 17.5 Å². The van der Waals surface area contributed by atoms with Crippen LogP contribution in [-0.2, 0) is 6.42 Å². The highest BCUT2D eigenvalue weighted by Gasteiger charge is 2.27.